The van der Waals surface area contributed by atoms with Crippen molar-refractivity contribution in [2.75, 3.05) is 38.2 Å². The standard InChI is InChI=1S/C23H23Cl2F3N2O6/c24-17-11-14(23(26,27)28)1-3-20(17)35-13-21(31)29-15-2-4-19(18(25)12-15)34-10-9-30-7-5-16(6-8-30)36-22(32)33/h1-4,11-12,16H,5-10,13H2,(H,29,31)(H,32,33). The molecule has 0 aliphatic carbocycles. The zero-order valence-electron chi connectivity index (χ0n) is 18.8. The van der Waals surface area contributed by atoms with E-state index >= 15 is 0 Å². The molecule has 1 heterocycles. The lowest BCUT2D eigenvalue weighted by molar-refractivity contribution is -0.137. The highest BCUT2D eigenvalue weighted by Gasteiger charge is 2.31. The van der Waals surface area contributed by atoms with Crippen LogP contribution in [0, 0.1) is 0 Å². The molecule has 196 valence electrons. The second-order valence-electron chi connectivity index (χ2n) is 7.90. The number of nitrogens with one attached hydrogen (secondary N) is 1. The number of rotatable bonds is 9. The van der Waals surface area contributed by atoms with E-state index in [4.69, 9.17) is 42.5 Å². The van der Waals surface area contributed by atoms with Crippen molar-refractivity contribution >= 4 is 41.0 Å². The fourth-order valence-electron chi connectivity index (χ4n) is 3.51. The van der Waals surface area contributed by atoms with Crippen LogP contribution in [0.15, 0.2) is 36.4 Å². The van der Waals surface area contributed by atoms with Crippen molar-refractivity contribution < 1.29 is 42.1 Å². The number of anilines is 1. The topological polar surface area (TPSA) is 97.3 Å². The number of carbonyl (C=O) groups excluding carboxylic acids is 1. The highest BCUT2D eigenvalue weighted by molar-refractivity contribution is 6.32. The van der Waals surface area contributed by atoms with Crippen molar-refractivity contribution in [2.24, 2.45) is 0 Å². The number of amides is 1. The number of piperidine rings is 1. The summed E-state index contributed by atoms with van der Waals surface area (Å²) in [7, 11) is 0. The predicted octanol–water partition coefficient (Wildman–Crippen LogP) is 5.57. The first kappa shape index (κ1) is 27.7. The SMILES string of the molecule is O=C(COc1ccc(C(F)(F)F)cc1Cl)Nc1ccc(OCCN2CCC(OC(=O)O)CC2)c(Cl)c1. The first-order valence-corrected chi connectivity index (χ1v) is 11.6. The molecule has 3 rings (SSSR count). The lowest BCUT2D eigenvalue weighted by Crippen LogP contribution is -2.39. The molecule has 0 atom stereocenters. The van der Waals surface area contributed by atoms with E-state index in [9.17, 15) is 22.8 Å². The minimum atomic E-state index is -4.54. The van der Waals surface area contributed by atoms with Crippen LogP contribution in [0.3, 0.4) is 0 Å². The van der Waals surface area contributed by atoms with Gasteiger partial charge in [0.1, 0.15) is 24.2 Å². The lowest BCUT2D eigenvalue weighted by Gasteiger charge is -2.30. The van der Waals surface area contributed by atoms with E-state index in [-0.39, 0.29) is 21.9 Å². The first-order chi connectivity index (χ1) is 17.0. The molecule has 0 aromatic heterocycles. The third kappa shape index (κ3) is 8.35. The molecule has 2 aromatic carbocycles. The molecule has 2 N–H and O–H groups in total. The van der Waals surface area contributed by atoms with Crippen LogP contribution in [-0.4, -0.2) is 61.0 Å². The monoisotopic (exact) mass is 550 g/mol. The summed E-state index contributed by atoms with van der Waals surface area (Å²) >= 11 is 12.1. The average Bonchev–Trinajstić information content (AvgIpc) is 2.80. The number of benzene rings is 2. The molecule has 1 aliphatic rings. The van der Waals surface area contributed by atoms with Crippen LogP contribution in [-0.2, 0) is 15.7 Å². The highest BCUT2D eigenvalue weighted by atomic mass is 35.5. The van der Waals surface area contributed by atoms with E-state index in [2.05, 4.69) is 10.2 Å². The van der Waals surface area contributed by atoms with Crippen molar-refractivity contribution in [2.45, 2.75) is 25.1 Å². The van der Waals surface area contributed by atoms with Crippen molar-refractivity contribution in [1.29, 1.82) is 0 Å². The molecular formula is C23H23Cl2F3N2O6. The Morgan fingerprint density at radius 3 is 2.28 bits per heavy atom. The summed E-state index contributed by atoms with van der Waals surface area (Å²) in [5.41, 5.74) is -0.545. The molecule has 1 aliphatic heterocycles. The summed E-state index contributed by atoms with van der Waals surface area (Å²) in [6.07, 6.45) is -4.84. The van der Waals surface area contributed by atoms with E-state index in [1.54, 1.807) is 12.1 Å². The molecule has 1 amide bonds. The van der Waals surface area contributed by atoms with Gasteiger partial charge in [-0.3, -0.25) is 9.69 Å². The Kier molecular flexibility index (Phi) is 9.52. The minimum absolute atomic E-state index is 0.0553. The van der Waals surface area contributed by atoms with Gasteiger partial charge in [-0.25, -0.2) is 4.79 Å². The number of carboxylic acid groups (broad SMARTS) is 1. The number of hydrogen-bond donors (Lipinski definition) is 2. The molecule has 8 nitrogen and oxygen atoms in total. The Balaban J connectivity index is 1.42. The second kappa shape index (κ2) is 12.4. The van der Waals surface area contributed by atoms with Crippen molar-refractivity contribution in [3.63, 3.8) is 0 Å². The molecule has 0 radical (unpaired) electrons. The number of likely N-dealkylation sites (tertiary alicyclic amines) is 1. The van der Waals surface area contributed by atoms with Crippen molar-refractivity contribution in [3.8, 4) is 11.5 Å². The maximum Gasteiger partial charge on any atom is 0.506 e. The number of nitrogens with zero attached hydrogens (tertiary/aromatic N) is 1. The number of carbonyl (C=O) groups is 2. The maximum absolute atomic E-state index is 12.7. The number of hydrogen-bond acceptors (Lipinski definition) is 6. The first-order valence-electron chi connectivity index (χ1n) is 10.8. The predicted molar refractivity (Wildman–Crippen MR) is 126 cm³/mol. The van der Waals surface area contributed by atoms with Gasteiger partial charge in [0.15, 0.2) is 6.61 Å². The summed E-state index contributed by atoms with van der Waals surface area (Å²) in [6.45, 7) is 1.89. The number of halogens is 5. The molecule has 1 saturated heterocycles. The summed E-state index contributed by atoms with van der Waals surface area (Å²) < 4.78 is 53.9. The Labute approximate surface area is 214 Å². The average molecular weight is 551 g/mol. The van der Waals surface area contributed by atoms with E-state index in [1.165, 1.54) is 6.07 Å². The van der Waals surface area contributed by atoms with Gasteiger partial charge in [-0.05, 0) is 49.2 Å². The minimum Gasteiger partial charge on any atom is -0.491 e. The van der Waals surface area contributed by atoms with Crippen LogP contribution in [0.4, 0.5) is 23.7 Å². The number of ether oxygens (including phenoxy) is 3. The summed E-state index contributed by atoms with van der Waals surface area (Å²) in [4.78, 5) is 24.9. The van der Waals surface area contributed by atoms with Gasteiger partial charge in [-0.15, -0.1) is 0 Å². The Hall–Kier alpha value is -2.89. The van der Waals surface area contributed by atoms with Crippen LogP contribution in [0.25, 0.3) is 0 Å². The normalized spacial score (nSPS) is 14.8. The lowest BCUT2D eigenvalue weighted by atomic mass is 10.1. The van der Waals surface area contributed by atoms with E-state index in [0.717, 1.165) is 18.2 Å². The third-order valence-corrected chi connectivity index (χ3v) is 5.89. The molecule has 13 heteroatoms. The number of alkyl halides is 3. The van der Waals surface area contributed by atoms with Crippen LogP contribution in [0.5, 0.6) is 11.5 Å². The summed E-state index contributed by atoms with van der Waals surface area (Å²) in [6, 6.07) is 7.26. The van der Waals surface area contributed by atoms with Gasteiger partial charge in [0, 0.05) is 25.3 Å². The molecule has 1 fully saturated rings. The quantitative estimate of drug-likeness (QED) is 0.394. The van der Waals surface area contributed by atoms with Crippen molar-refractivity contribution in [1.82, 2.24) is 4.90 Å². The van der Waals surface area contributed by atoms with Gasteiger partial charge in [0.05, 0.1) is 15.6 Å². The summed E-state index contributed by atoms with van der Waals surface area (Å²) in [5.74, 6) is -0.197. The van der Waals surface area contributed by atoms with Crippen LogP contribution in [0.2, 0.25) is 10.0 Å². The van der Waals surface area contributed by atoms with E-state index < -0.39 is 30.4 Å². The Bertz CT molecular complexity index is 1080. The zero-order chi connectivity index (χ0) is 26.3. The zero-order valence-corrected chi connectivity index (χ0v) is 20.3. The smallest absolute Gasteiger partial charge is 0.491 e. The fraction of sp³-hybridized carbons (Fsp3) is 0.391. The van der Waals surface area contributed by atoms with Gasteiger partial charge in [-0.2, -0.15) is 13.2 Å². The van der Waals surface area contributed by atoms with Crippen LogP contribution in [0.1, 0.15) is 18.4 Å². The third-order valence-electron chi connectivity index (χ3n) is 5.30. The van der Waals surface area contributed by atoms with Crippen LogP contribution >= 0.6 is 23.2 Å². The molecule has 2 aromatic rings. The largest absolute Gasteiger partial charge is 0.506 e. The van der Waals surface area contributed by atoms with Gasteiger partial charge in [-0.1, -0.05) is 23.2 Å². The van der Waals surface area contributed by atoms with Gasteiger partial charge in [0.2, 0.25) is 0 Å². The summed E-state index contributed by atoms with van der Waals surface area (Å²) in [5, 5.41) is 11.3. The fourth-order valence-corrected chi connectivity index (χ4v) is 3.98. The van der Waals surface area contributed by atoms with Gasteiger partial charge in [0.25, 0.3) is 5.91 Å². The maximum atomic E-state index is 12.7. The second-order valence-corrected chi connectivity index (χ2v) is 8.71. The Morgan fingerprint density at radius 2 is 1.67 bits per heavy atom. The molecule has 0 saturated carbocycles. The molecule has 0 spiro atoms. The molecule has 0 bridgehead atoms. The highest BCUT2D eigenvalue weighted by Crippen LogP contribution is 2.34. The van der Waals surface area contributed by atoms with E-state index in [0.29, 0.717) is 50.5 Å². The Morgan fingerprint density at radius 1 is 1.03 bits per heavy atom. The molecular weight excluding hydrogens is 528 g/mol. The van der Waals surface area contributed by atoms with Crippen LogP contribution < -0.4 is 14.8 Å². The van der Waals surface area contributed by atoms with E-state index in [1.807, 2.05) is 0 Å². The molecule has 0 unspecified atom stereocenters. The van der Waals surface area contributed by atoms with Gasteiger partial charge >= 0.3 is 12.3 Å². The van der Waals surface area contributed by atoms with Crippen molar-refractivity contribution in [3.05, 3.63) is 52.0 Å². The van der Waals surface area contributed by atoms with Gasteiger partial charge < -0.3 is 24.6 Å². The molecule has 36 heavy (non-hydrogen) atoms.